The summed E-state index contributed by atoms with van der Waals surface area (Å²) in [5, 5.41) is 3.23. The van der Waals surface area contributed by atoms with Gasteiger partial charge in [0.05, 0.1) is 23.4 Å². The second-order valence-electron chi connectivity index (χ2n) is 7.96. The highest BCUT2D eigenvalue weighted by Crippen LogP contribution is 2.28. The zero-order valence-corrected chi connectivity index (χ0v) is 19.7. The van der Waals surface area contributed by atoms with Gasteiger partial charge in [-0.05, 0) is 62.2 Å². The zero-order chi connectivity index (χ0) is 23.8. The predicted octanol–water partition coefficient (Wildman–Crippen LogP) is 4.99. The fourth-order valence-electron chi connectivity index (χ4n) is 3.94. The van der Waals surface area contributed by atoms with Crippen LogP contribution in [0.5, 0.6) is 5.75 Å². The number of ketones is 1. The van der Waals surface area contributed by atoms with Gasteiger partial charge in [-0.25, -0.2) is 0 Å². The van der Waals surface area contributed by atoms with E-state index in [0.29, 0.717) is 16.9 Å². The van der Waals surface area contributed by atoms with Gasteiger partial charge in [-0.15, -0.1) is 0 Å². The molecule has 0 atom stereocenters. The molecule has 0 saturated heterocycles. The van der Waals surface area contributed by atoms with Crippen molar-refractivity contribution in [1.29, 1.82) is 0 Å². The summed E-state index contributed by atoms with van der Waals surface area (Å²) in [4.78, 5) is 13.3. The summed E-state index contributed by atoms with van der Waals surface area (Å²) in [6, 6.07) is 17.0. The first-order chi connectivity index (χ1) is 15.7. The molecule has 4 rings (SSSR count). The summed E-state index contributed by atoms with van der Waals surface area (Å²) in [6.45, 7) is 5.94. The number of nitrogens with one attached hydrogen (secondary N) is 1. The van der Waals surface area contributed by atoms with Crippen LogP contribution in [0.25, 0.3) is 0 Å². The number of fused-ring (bicyclic) bond motifs is 1. The maximum Gasteiger partial charge on any atom is 0.282 e. The summed E-state index contributed by atoms with van der Waals surface area (Å²) >= 11 is 0. The Morgan fingerprint density at radius 3 is 2.09 bits per heavy atom. The van der Waals surface area contributed by atoms with E-state index in [-0.39, 0.29) is 22.1 Å². The van der Waals surface area contributed by atoms with Gasteiger partial charge in [0.15, 0.2) is 0 Å². The van der Waals surface area contributed by atoms with Crippen LogP contribution >= 0.6 is 0 Å². The number of aryl methyl sites for hydroxylation is 3. The number of ether oxygens (including phenoxy) is 1. The average molecular weight is 461 g/mol. The van der Waals surface area contributed by atoms with E-state index in [4.69, 9.17) is 4.74 Å². The molecule has 3 aromatic rings. The number of allylic oxidation sites excluding steroid dienone is 2. The smallest absolute Gasteiger partial charge is 0.282 e. The van der Waals surface area contributed by atoms with Gasteiger partial charge in [0.1, 0.15) is 5.75 Å². The van der Waals surface area contributed by atoms with E-state index < -0.39 is 10.0 Å². The molecule has 0 aromatic heterocycles. The van der Waals surface area contributed by atoms with Crippen LogP contribution < -0.4 is 10.1 Å². The molecular formula is C26H24N2O4S. The molecule has 0 radical (unpaired) electrons. The van der Waals surface area contributed by atoms with Gasteiger partial charge in [-0.3, -0.25) is 4.79 Å². The minimum Gasteiger partial charge on any atom is -0.497 e. The second kappa shape index (κ2) is 8.67. The number of methoxy groups -OCH3 is 1. The standard InChI is InChI=1S/C26H24N2O4S/c1-16-13-17(2)25(18(3)14-16)27-24-15-23(21-7-5-6-8-22(21)26(24)29)28-33(30,31)20-11-9-19(32-4)10-12-20/h5-15,27H,1-4H3. The molecule has 0 aliphatic heterocycles. The molecule has 1 N–H and O–H groups in total. The number of carbonyl (C=O) groups excluding carboxylic acids is 1. The topological polar surface area (TPSA) is 84.8 Å². The lowest BCUT2D eigenvalue weighted by molar-refractivity contribution is 0.103. The molecular weight excluding hydrogens is 436 g/mol. The Bertz CT molecular complexity index is 1400. The number of Topliss-reactive ketones (excluding diaryl/α,β-unsaturated/α-hetero) is 1. The number of sulfonamides is 1. The first-order valence-corrected chi connectivity index (χ1v) is 11.8. The Kier molecular flexibility index (Phi) is 5.91. The number of rotatable bonds is 5. The van der Waals surface area contributed by atoms with E-state index >= 15 is 0 Å². The minimum atomic E-state index is -4.01. The van der Waals surface area contributed by atoms with E-state index in [9.17, 15) is 13.2 Å². The van der Waals surface area contributed by atoms with Crippen molar-refractivity contribution >= 4 is 27.2 Å². The normalized spacial score (nSPS) is 14.6. The number of hydrogen-bond acceptors (Lipinski definition) is 5. The highest BCUT2D eigenvalue weighted by molar-refractivity contribution is 7.90. The van der Waals surface area contributed by atoms with E-state index in [1.807, 2.05) is 32.9 Å². The molecule has 0 fully saturated rings. The molecule has 168 valence electrons. The van der Waals surface area contributed by atoms with Crippen LogP contribution in [0, 0.1) is 20.8 Å². The number of carbonyl (C=O) groups is 1. The minimum absolute atomic E-state index is 0.0401. The van der Waals surface area contributed by atoms with Crippen molar-refractivity contribution in [3.8, 4) is 5.75 Å². The van der Waals surface area contributed by atoms with Crippen molar-refractivity contribution in [3.63, 3.8) is 0 Å². The highest BCUT2D eigenvalue weighted by atomic mass is 32.2. The molecule has 0 bridgehead atoms. The van der Waals surface area contributed by atoms with E-state index in [1.54, 1.807) is 36.4 Å². The van der Waals surface area contributed by atoms with Crippen LogP contribution in [0.4, 0.5) is 5.69 Å². The lowest BCUT2D eigenvalue weighted by Gasteiger charge is -2.21. The Labute approximate surface area is 193 Å². The summed E-state index contributed by atoms with van der Waals surface area (Å²) in [7, 11) is -2.50. The third-order valence-electron chi connectivity index (χ3n) is 5.49. The largest absolute Gasteiger partial charge is 0.497 e. The Balaban J connectivity index is 1.82. The molecule has 3 aromatic carbocycles. The number of benzene rings is 3. The van der Waals surface area contributed by atoms with Crippen LogP contribution in [0.15, 0.2) is 81.7 Å². The van der Waals surface area contributed by atoms with Gasteiger partial charge < -0.3 is 10.1 Å². The van der Waals surface area contributed by atoms with Gasteiger partial charge in [0, 0.05) is 16.8 Å². The molecule has 0 heterocycles. The highest BCUT2D eigenvalue weighted by Gasteiger charge is 2.26. The fourth-order valence-corrected chi connectivity index (χ4v) is 4.94. The first kappa shape index (κ1) is 22.5. The van der Waals surface area contributed by atoms with Crippen LogP contribution in [0.2, 0.25) is 0 Å². The van der Waals surface area contributed by atoms with E-state index in [2.05, 4.69) is 9.71 Å². The maximum atomic E-state index is 13.2. The molecule has 1 aliphatic carbocycles. The van der Waals surface area contributed by atoms with Crippen LogP contribution in [0.3, 0.4) is 0 Å². The third-order valence-corrected chi connectivity index (χ3v) is 6.79. The van der Waals surface area contributed by atoms with Crippen LogP contribution in [-0.4, -0.2) is 27.0 Å². The molecule has 0 amide bonds. The molecule has 0 spiro atoms. The number of anilines is 1. The van der Waals surface area contributed by atoms with Gasteiger partial charge in [0.2, 0.25) is 5.78 Å². The van der Waals surface area contributed by atoms with Gasteiger partial charge in [0.25, 0.3) is 10.0 Å². The first-order valence-electron chi connectivity index (χ1n) is 10.4. The lowest BCUT2D eigenvalue weighted by Crippen LogP contribution is -2.23. The average Bonchev–Trinajstić information content (AvgIpc) is 2.79. The van der Waals surface area contributed by atoms with Crippen molar-refractivity contribution in [2.45, 2.75) is 25.7 Å². The molecule has 0 unspecified atom stereocenters. The SMILES string of the molecule is COc1ccc(S(=O)(=O)N=C2C=C(Nc3c(C)cc(C)cc3C)C(=O)c3ccccc32)cc1. The van der Waals surface area contributed by atoms with Gasteiger partial charge in [-0.1, -0.05) is 42.0 Å². The summed E-state index contributed by atoms with van der Waals surface area (Å²) in [5.41, 5.74) is 5.26. The van der Waals surface area contributed by atoms with E-state index in [0.717, 1.165) is 22.4 Å². The summed E-state index contributed by atoms with van der Waals surface area (Å²) < 4.78 is 35.3. The van der Waals surface area contributed by atoms with Crippen molar-refractivity contribution in [2.24, 2.45) is 4.40 Å². The molecule has 1 aliphatic rings. The van der Waals surface area contributed by atoms with Crippen LogP contribution in [0.1, 0.15) is 32.6 Å². The number of hydrogen-bond donors (Lipinski definition) is 1. The second-order valence-corrected chi connectivity index (χ2v) is 9.56. The summed E-state index contributed by atoms with van der Waals surface area (Å²) in [6.07, 6.45) is 1.50. The van der Waals surface area contributed by atoms with Crippen molar-refractivity contribution in [1.82, 2.24) is 0 Å². The van der Waals surface area contributed by atoms with Crippen molar-refractivity contribution < 1.29 is 17.9 Å². The lowest BCUT2D eigenvalue weighted by atomic mass is 9.92. The van der Waals surface area contributed by atoms with Gasteiger partial charge in [-0.2, -0.15) is 12.8 Å². The number of nitrogens with zero attached hydrogens (tertiary/aromatic N) is 1. The van der Waals surface area contributed by atoms with Crippen LogP contribution in [-0.2, 0) is 10.0 Å². The zero-order valence-electron chi connectivity index (χ0n) is 18.8. The van der Waals surface area contributed by atoms with Crippen molar-refractivity contribution in [2.75, 3.05) is 12.4 Å². The van der Waals surface area contributed by atoms with Gasteiger partial charge >= 0.3 is 0 Å². The molecule has 7 heteroatoms. The molecule has 6 nitrogen and oxygen atoms in total. The fraction of sp³-hybridized carbons (Fsp3) is 0.154. The third kappa shape index (κ3) is 4.45. The monoisotopic (exact) mass is 460 g/mol. The Morgan fingerprint density at radius 2 is 1.48 bits per heavy atom. The summed E-state index contributed by atoms with van der Waals surface area (Å²) in [5.74, 6) is 0.330. The maximum absolute atomic E-state index is 13.2. The molecule has 33 heavy (non-hydrogen) atoms. The predicted molar refractivity (Wildman–Crippen MR) is 130 cm³/mol. The van der Waals surface area contributed by atoms with E-state index in [1.165, 1.54) is 25.3 Å². The van der Waals surface area contributed by atoms with Crippen molar-refractivity contribution in [3.05, 3.63) is 100 Å². The molecule has 0 saturated carbocycles. The Morgan fingerprint density at radius 1 is 0.879 bits per heavy atom. The Hall–Kier alpha value is -3.71. The quantitative estimate of drug-likeness (QED) is 0.580.